The van der Waals surface area contributed by atoms with E-state index in [-0.39, 0.29) is 10.8 Å². The van der Waals surface area contributed by atoms with Gasteiger partial charge in [-0.3, -0.25) is 0 Å². The predicted molar refractivity (Wildman–Crippen MR) is 164 cm³/mol. The Labute approximate surface area is 227 Å². The molecule has 0 unspecified atom stereocenters. The van der Waals surface area contributed by atoms with Gasteiger partial charge in [-0.05, 0) is 65.6 Å². The Kier molecular flexibility index (Phi) is 5.83. The van der Waals surface area contributed by atoms with Crippen molar-refractivity contribution in [2.45, 2.75) is 58.3 Å². The van der Waals surface area contributed by atoms with E-state index >= 15 is 0 Å². The van der Waals surface area contributed by atoms with E-state index in [9.17, 15) is 0 Å². The van der Waals surface area contributed by atoms with Crippen LogP contribution in [0.2, 0.25) is 0 Å². The number of hydrogen-bond donors (Lipinski definition) is 0. The number of nitrogens with zero attached hydrogens (tertiary/aromatic N) is 2. The van der Waals surface area contributed by atoms with Crippen LogP contribution in [0.5, 0.6) is 0 Å². The summed E-state index contributed by atoms with van der Waals surface area (Å²) < 4.78 is 2.38. The van der Waals surface area contributed by atoms with E-state index < -0.39 is 0 Å². The van der Waals surface area contributed by atoms with Gasteiger partial charge in [0.05, 0.1) is 5.41 Å². The van der Waals surface area contributed by atoms with Crippen molar-refractivity contribution in [3.05, 3.63) is 108 Å². The second kappa shape index (κ2) is 8.98. The summed E-state index contributed by atoms with van der Waals surface area (Å²) >= 11 is 0. The highest BCUT2D eigenvalue weighted by atomic mass is 15.2. The zero-order chi connectivity index (χ0) is 26.7. The predicted octanol–water partition coefficient (Wildman–Crippen LogP) is 9.04. The third-order valence-electron chi connectivity index (χ3n) is 8.89. The second-order valence-electron chi connectivity index (χ2n) is 12.0. The number of allylic oxidation sites excluding steroid dienone is 4. The molecule has 0 aliphatic carbocycles. The van der Waals surface area contributed by atoms with Gasteiger partial charge in [0.2, 0.25) is 5.69 Å². The summed E-state index contributed by atoms with van der Waals surface area (Å²) in [4.78, 5) is 2.58. The largest absolute Gasteiger partial charge is 0.344 e. The molecular weight excluding hydrogens is 460 g/mol. The number of fused-ring (bicyclic) bond motifs is 6. The first-order chi connectivity index (χ1) is 18.3. The number of hydrogen-bond acceptors (Lipinski definition) is 1. The first-order valence-corrected chi connectivity index (χ1v) is 14.1. The minimum absolute atomic E-state index is 0.0742. The Morgan fingerprint density at radius 2 is 1.39 bits per heavy atom. The number of unbranched alkanes of at least 4 members (excludes halogenated alkanes) is 1. The van der Waals surface area contributed by atoms with E-state index in [2.05, 4.69) is 142 Å². The van der Waals surface area contributed by atoms with E-state index in [4.69, 9.17) is 0 Å². The van der Waals surface area contributed by atoms with Gasteiger partial charge in [0.15, 0.2) is 5.71 Å². The molecule has 0 bridgehead atoms. The van der Waals surface area contributed by atoms with E-state index in [1.54, 1.807) is 0 Å². The van der Waals surface area contributed by atoms with Gasteiger partial charge in [-0.15, -0.1) is 0 Å². The maximum atomic E-state index is 2.58. The zero-order valence-corrected chi connectivity index (χ0v) is 23.7. The molecule has 0 aromatic heterocycles. The molecule has 0 atom stereocenters. The van der Waals surface area contributed by atoms with E-state index in [1.807, 2.05) is 0 Å². The van der Waals surface area contributed by atoms with Gasteiger partial charge in [-0.25, -0.2) is 0 Å². The van der Waals surface area contributed by atoms with Gasteiger partial charge in [-0.2, -0.15) is 4.58 Å². The van der Waals surface area contributed by atoms with Crippen molar-refractivity contribution in [1.29, 1.82) is 0 Å². The summed E-state index contributed by atoms with van der Waals surface area (Å²) in [5, 5.41) is 5.36. The molecular formula is C36H39N2+. The van der Waals surface area contributed by atoms with E-state index in [0.29, 0.717) is 0 Å². The van der Waals surface area contributed by atoms with Crippen LogP contribution in [0.3, 0.4) is 0 Å². The Morgan fingerprint density at radius 3 is 2.08 bits per heavy atom. The van der Waals surface area contributed by atoms with Crippen molar-refractivity contribution < 1.29 is 4.58 Å². The normalized spacial score (nSPS) is 18.8. The molecule has 0 saturated carbocycles. The molecule has 0 amide bonds. The fourth-order valence-electron chi connectivity index (χ4n) is 7.02. The number of rotatable bonds is 5. The average Bonchev–Trinajstić information content (AvgIpc) is 3.25. The van der Waals surface area contributed by atoms with Crippen molar-refractivity contribution in [2.75, 3.05) is 18.5 Å². The van der Waals surface area contributed by atoms with Crippen molar-refractivity contribution in [2.24, 2.45) is 0 Å². The van der Waals surface area contributed by atoms with E-state index in [1.165, 1.54) is 68.3 Å². The minimum Gasteiger partial charge on any atom is -0.344 e. The van der Waals surface area contributed by atoms with Gasteiger partial charge in [0.1, 0.15) is 7.05 Å². The van der Waals surface area contributed by atoms with Crippen molar-refractivity contribution >= 4 is 38.6 Å². The Bertz CT molecular complexity index is 1660. The minimum atomic E-state index is -0.0772. The zero-order valence-electron chi connectivity index (χ0n) is 23.7. The molecule has 2 heteroatoms. The maximum Gasteiger partial charge on any atom is 0.210 e. The van der Waals surface area contributed by atoms with Crippen LogP contribution in [0.4, 0.5) is 11.4 Å². The van der Waals surface area contributed by atoms with Gasteiger partial charge >= 0.3 is 0 Å². The van der Waals surface area contributed by atoms with Crippen LogP contribution in [-0.4, -0.2) is 23.9 Å². The summed E-state index contributed by atoms with van der Waals surface area (Å²) in [6.45, 7) is 12.8. The molecule has 0 N–H and O–H groups in total. The molecule has 0 radical (unpaired) electrons. The monoisotopic (exact) mass is 499 g/mol. The topological polar surface area (TPSA) is 6.25 Å². The fourth-order valence-corrected chi connectivity index (χ4v) is 7.02. The van der Waals surface area contributed by atoms with Gasteiger partial charge in [-0.1, -0.05) is 87.9 Å². The molecule has 2 aliphatic rings. The fraction of sp³-hybridized carbons (Fsp3) is 0.306. The van der Waals surface area contributed by atoms with Gasteiger partial charge < -0.3 is 4.90 Å². The number of anilines is 1. The molecule has 2 heterocycles. The third-order valence-corrected chi connectivity index (χ3v) is 8.89. The summed E-state index contributed by atoms with van der Waals surface area (Å²) in [7, 11) is 2.21. The molecule has 4 aromatic rings. The van der Waals surface area contributed by atoms with Gasteiger partial charge in [0, 0.05) is 41.1 Å². The lowest BCUT2D eigenvalue weighted by atomic mass is 9.79. The molecule has 38 heavy (non-hydrogen) atoms. The Balaban J connectivity index is 1.43. The van der Waals surface area contributed by atoms with Crippen LogP contribution >= 0.6 is 0 Å². The summed E-state index contributed by atoms with van der Waals surface area (Å²) in [5.74, 6) is 0. The lowest BCUT2D eigenvalue weighted by molar-refractivity contribution is -0.401. The number of benzene rings is 4. The van der Waals surface area contributed by atoms with Crippen molar-refractivity contribution in [3.8, 4) is 0 Å². The van der Waals surface area contributed by atoms with Crippen LogP contribution in [-0.2, 0) is 10.8 Å². The van der Waals surface area contributed by atoms with Crippen molar-refractivity contribution in [3.63, 3.8) is 0 Å². The highest BCUT2D eigenvalue weighted by Crippen LogP contribution is 2.51. The third kappa shape index (κ3) is 3.57. The maximum absolute atomic E-state index is 2.58. The van der Waals surface area contributed by atoms with Crippen LogP contribution in [0.25, 0.3) is 21.5 Å². The molecule has 2 nitrogen and oxygen atoms in total. The molecule has 6 rings (SSSR count). The van der Waals surface area contributed by atoms with Crippen LogP contribution in [0.1, 0.15) is 58.6 Å². The molecule has 4 aromatic carbocycles. The average molecular weight is 500 g/mol. The lowest BCUT2D eigenvalue weighted by Gasteiger charge is -2.27. The van der Waals surface area contributed by atoms with Crippen LogP contribution < -0.4 is 4.90 Å². The molecule has 0 saturated heterocycles. The SMILES string of the molecule is CCCCN1/C(=C/C=C/C2=[N+](C)c3ccc4ccccc4c3C2(C)C)C(C)(C)c2c1ccc1ccccc21. The summed E-state index contributed by atoms with van der Waals surface area (Å²) in [6, 6.07) is 26.8. The second-order valence-corrected chi connectivity index (χ2v) is 12.0. The highest BCUT2D eigenvalue weighted by Gasteiger charge is 2.44. The lowest BCUT2D eigenvalue weighted by Crippen LogP contribution is -2.27. The van der Waals surface area contributed by atoms with Gasteiger partial charge in [0.25, 0.3) is 0 Å². The van der Waals surface area contributed by atoms with Crippen LogP contribution in [0.15, 0.2) is 96.7 Å². The summed E-state index contributed by atoms with van der Waals surface area (Å²) in [5.41, 5.74) is 8.13. The van der Waals surface area contributed by atoms with E-state index in [0.717, 1.165) is 6.54 Å². The highest BCUT2D eigenvalue weighted by molar-refractivity contribution is 6.07. The van der Waals surface area contributed by atoms with Crippen LogP contribution in [0, 0.1) is 0 Å². The quantitative estimate of drug-likeness (QED) is 0.248. The molecule has 192 valence electrons. The van der Waals surface area contributed by atoms with Crippen molar-refractivity contribution in [1.82, 2.24) is 0 Å². The molecule has 0 spiro atoms. The Morgan fingerprint density at radius 1 is 0.763 bits per heavy atom. The molecule has 2 aliphatic heterocycles. The standard InChI is InChI=1S/C36H39N2/c1-7-8-24-38-30-23-21-26-15-10-12-17-28(26)34(30)36(4,5)32(38)19-13-18-31-35(2,3)33-27-16-11-9-14-25(27)20-22-29(33)37(31)6/h9-23H,7-8,24H2,1-6H3/q+1. The first-order valence-electron chi connectivity index (χ1n) is 14.1. The summed E-state index contributed by atoms with van der Waals surface area (Å²) in [6.07, 6.45) is 9.39. The molecule has 0 fully saturated rings. The first kappa shape index (κ1) is 24.7. The smallest absolute Gasteiger partial charge is 0.210 e. The Hall–Kier alpha value is -3.65.